The zero-order chi connectivity index (χ0) is 18.4. The lowest BCUT2D eigenvalue weighted by Gasteiger charge is -2.35. The topological polar surface area (TPSA) is 63.9 Å². The van der Waals surface area contributed by atoms with Crippen LogP contribution in [0.25, 0.3) is 0 Å². The smallest absolute Gasteiger partial charge is 0.193 e. The first kappa shape index (κ1) is 18.3. The van der Waals surface area contributed by atoms with Crippen LogP contribution >= 0.6 is 0 Å². The molecule has 1 N–H and O–H groups in total. The maximum absolute atomic E-state index is 5.92. The summed E-state index contributed by atoms with van der Waals surface area (Å²) < 4.78 is 13.6. The molecule has 0 radical (unpaired) electrons. The number of hydrogen-bond acceptors (Lipinski definition) is 4. The first-order valence-electron chi connectivity index (χ1n) is 8.93. The fraction of sp³-hybridized carbons (Fsp3) is 0.474. The molecule has 1 aliphatic heterocycles. The third-order valence-corrected chi connectivity index (χ3v) is 4.30. The van der Waals surface area contributed by atoms with Crippen LogP contribution < -0.4 is 10.1 Å². The Kier molecular flexibility index (Phi) is 6.12. The zero-order valence-corrected chi connectivity index (χ0v) is 15.6. The molecule has 0 spiro atoms. The van der Waals surface area contributed by atoms with E-state index in [1.54, 1.807) is 11.7 Å². The van der Waals surface area contributed by atoms with Gasteiger partial charge in [-0.05, 0) is 19.1 Å². The molecule has 1 aliphatic rings. The van der Waals surface area contributed by atoms with Crippen LogP contribution in [0.4, 0.5) is 0 Å². The molecule has 3 rings (SSSR count). The lowest BCUT2D eigenvalue weighted by atomic mass is 10.1. The third-order valence-electron chi connectivity index (χ3n) is 4.30. The van der Waals surface area contributed by atoms with Gasteiger partial charge in [-0.3, -0.25) is 9.67 Å². The highest BCUT2D eigenvalue weighted by atomic mass is 16.5. The number of benzene rings is 1. The molecule has 1 saturated heterocycles. The summed E-state index contributed by atoms with van der Waals surface area (Å²) in [6.07, 6.45) is 3.90. The SMILES string of the molecule is CN=C(NCC(C)Oc1ccccc1)N1CCOC(c2cnn(C)c2)C1. The van der Waals surface area contributed by atoms with E-state index >= 15 is 0 Å². The second-order valence-electron chi connectivity index (χ2n) is 6.42. The minimum absolute atomic E-state index is 0.00833. The molecule has 26 heavy (non-hydrogen) atoms. The van der Waals surface area contributed by atoms with Crippen molar-refractivity contribution in [2.45, 2.75) is 19.1 Å². The van der Waals surface area contributed by atoms with Gasteiger partial charge in [0.2, 0.25) is 0 Å². The molecule has 7 heteroatoms. The molecule has 0 amide bonds. The maximum atomic E-state index is 5.92. The van der Waals surface area contributed by atoms with E-state index in [2.05, 4.69) is 20.3 Å². The Hall–Kier alpha value is -2.54. The molecule has 140 valence electrons. The molecule has 0 aliphatic carbocycles. The van der Waals surface area contributed by atoms with Gasteiger partial charge in [-0.25, -0.2) is 0 Å². The highest BCUT2D eigenvalue weighted by molar-refractivity contribution is 5.80. The number of para-hydroxylation sites is 1. The predicted octanol–water partition coefficient (Wildman–Crippen LogP) is 1.84. The number of ether oxygens (including phenoxy) is 2. The molecule has 1 aromatic heterocycles. The number of morpholine rings is 1. The number of aryl methyl sites for hydroxylation is 1. The van der Waals surface area contributed by atoms with E-state index in [9.17, 15) is 0 Å². The van der Waals surface area contributed by atoms with E-state index in [1.165, 1.54) is 0 Å². The first-order chi connectivity index (χ1) is 12.7. The second-order valence-corrected chi connectivity index (χ2v) is 6.42. The van der Waals surface area contributed by atoms with Gasteiger partial charge in [-0.1, -0.05) is 18.2 Å². The molecular weight excluding hydrogens is 330 g/mol. The molecule has 2 heterocycles. The lowest BCUT2D eigenvalue weighted by Crippen LogP contribution is -2.49. The summed E-state index contributed by atoms with van der Waals surface area (Å²) in [6.45, 7) is 4.95. The van der Waals surface area contributed by atoms with Crippen molar-refractivity contribution >= 4 is 5.96 Å². The Bertz CT molecular complexity index is 716. The number of nitrogens with one attached hydrogen (secondary N) is 1. The van der Waals surface area contributed by atoms with Gasteiger partial charge in [0.25, 0.3) is 0 Å². The van der Waals surface area contributed by atoms with E-state index < -0.39 is 0 Å². The van der Waals surface area contributed by atoms with E-state index in [0.29, 0.717) is 13.2 Å². The van der Waals surface area contributed by atoms with Gasteiger partial charge in [-0.2, -0.15) is 5.10 Å². The van der Waals surface area contributed by atoms with Crippen LogP contribution in [0.5, 0.6) is 5.75 Å². The lowest BCUT2D eigenvalue weighted by molar-refractivity contribution is -0.00814. The summed E-state index contributed by atoms with van der Waals surface area (Å²) in [4.78, 5) is 6.64. The molecule has 2 aromatic rings. The average Bonchev–Trinajstić information content (AvgIpc) is 3.10. The Balaban J connectivity index is 1.53. The van der Waals surface area contributed by atoms with Gasteiger partial charge < -0.3 is 19.7 Å². The number of aliphatic imine (C=N–C) groups is 1. The van der Waals surface area contributed by atoms with Crippen molar-refractivity contribution in [1.29, 1.82) is 0 Å². The summed E-state index contributed by atoms with van der Waals surface area (Å²) in [5, 5.41) is 7.65. The number of nitrogens with zero attached hydrogens (tertiary/aromatic N) is 4. The summed E-state index contributed by atoms with van der Waals surface area (Å²) in [5.74, 6) is 1.74. The van der Waals surface area contributed by atoms with Gasteiger partial charge in [0.1, 0.15) is 18.0 Å². The standard InChI is InChI=1S/C19H27N5O2/c1-15(26-17-7-5-4-6-8-17)11-21-19(20-2)24-9-10-25-18(14-24)16-12-22-23(3)13-16/h4-8,12-13,15,18H,9-11,14H2,1-3H3,(H,20,21). The van der Waals surface area contributed by atoms with Crippen molar-refractivity contribution < 1.29 is 9.47 Å². The predicted molar refractivity (Wildman–Crippen MR) is 101 cm³/mol. The number of hydrogen-bond donors (Lipinski definition) is 1. The van der Waals surface area contributed by atoms with Gasteiger partial charge in [0.15, 0.2) is 5.96 Å². The molecule has 7 nitrogen and oxygen atoms in total. The monoisotopic (exact) mass is 357 g/mol. The normalized spacial score (nSPS) is 19.3. The minimum atomic E-state index is 0.00833. The van der Waals surface area contributed by atoms with E-state index in [-0.39, 0.29) is 12.2 Å². The van der Waals surface area contributed by atoms with Crippen LogP contribution in [-0.4, -0.2) is 60.0 Å². The summed E-state index contributed by atoms with van der Waals surface area (Å²) in [7, 11) is 3.72. The minimum Gasteiger partial charge on any atom is -0.489 e. The molecule has 0 saturated carbocycles. The number of guanidine groups is 1. The summed E-state index contributed by atoms with van der Waals surface area (Å²) >= 11 is 0. The van der Waals surface area contributed by atoms with Crippen LogP contribution in [0.1, 0.15) is 18.6 Å². The molecule has 2 atom stereocenters. The van der Waals surface area contributed by atoms with Crippen LogP contribution in [0.2, 0.25) is 0 Å². The second kappa shape index (κ2) is 8.71. The van der Waals surface area contributed by atoms with Crippen molar-refractivity contribution in [1.82, 2.24) is 20.0 Å². The fourth-order valence-corrected chi connectivity index (χ4v) is 2.99. The molecule has 1 aromatic carbocycles. The zero-order valence-electron chi connectivity index (χ0n) is 15.6. The van der Waals surface area contributed by atoms with E-state index in [4.69, 9.17) is 9.47 Å². The van der Waals surface area contributed by atoms with Gasteiger partial charge in [-0.15, -0.1) is 0 Å². The van der Waals surface area contributed by atoms with Gasteiger partial charge in [0, 0.05) is 32.4 Å². The van der Waals surface area contributed by atoms with E-state index in [1.807, 2.05) is 56.7 Å². The van der Waals surface area contributed by atoms with Crippen molar-refractivity contribution in [2.75, 3.05) is 33.3 Å². The fourth-order valence-electron chi connectivity index (χ4n) is 2.99. The maximum Gasteiger partial charge on any atom is 0.193 e. The average molecular weight is 357 g/mol. The Morgan fingerprint density at radius 2 is 2.23 bits per heavy atom. The molecule has 2 unspecified atom stereocenters. The largest absolute Gasteiger partial charge is 0.489 e. The third kappa shape index (κ3) is 4.76. The first-order valence-corrected chi connectivity index (χ1v) is 8.93. The van der Waals surface area contributed by atoms with Gasteiger partial charge >= 0.3 is 0 Å². The van der Waals surface area contributed by atoms with Crippen LogP contribution in [-0.2, 0) is 11.8 Å². The molecule has 0 bridgehead atoms. The van der Waals surface area contributed by atoms with Gasteiger partial charge in [0.05, 0.1) is 25.9 Å². The highest BCUT2D eigenvalue weighted by Crippen LogP contribution is 2.21. The van der Waals surface area contributed by atoms with Crippen LogP contribution in [0.3, 0.4) is 0 Å². The highest BCUT2D eigenvalue weighted by Gasteiger charge is 2.25. The van der Waals surface area contributed by atoms with Crippen molar-refractivity contribution in [2.24, 2.45) is 12.0 Å². The van der Waals surface area contributed by atoms with Crippen LogP contribution in [0, 0.1) is 0 Å². The quantitative estimate of drug-likeness (QED) is 0.653. The molecular formula is C19H27N5O2. The van der Waals surface area contributed by atoms with Crippen molar-refractivity contribution in [3.05, 3.63) is 48.3 Å². The van der Waals surface area contributed by atoms with Crippen LogP contribution in [0.15, 0.2) is 47.7 Å². The Labute approximate surface area is 154 Å². The number of rotatable bonds is 5. The molecule has 1 fully saturated rings. The van der Waals surface area contributed by atoms with E-state index in [0.717, 1.165) is 30.4 Å². The Morgan fingerprint density at radius 3 is 2.92 bits per heavy atom. The van der Waals surface area contributed by atoms with Crippen molar-refractivity contribution in [3.63, 3.8) is 0 Å². The number of aromatic nitrogens is 2. The Morgan fingerprint density at radius 1 is 1.42 bits per heavy atom. The van der Waals surface area contributed by atoms with Crippen molar-refractivity contribution in [3.8, 4) is 5.75 Å². The summed E-state index contributed by atoms with van der Waals surface area (Å²) in [6, 6.07) is 9.85. The summed E-state index contributed by atoms with van der Waals surface area (Å²) in [5.41, 5.74) is 1.09.